The van der Waals surface area contributed by atoms with Gasteiger partial charge in [0.2, 0.25) is 0 Å². The van der Waals surface area contributed by atoms with E-state index in [1.807, 2.05) is 6.20 Å². The second kappa shape index (κ2) is 6.81. The standard InChI is InChI=1S/C19H26N4S/c1-2-3-4-17-22-16-12-21-15-9-10-24-19(15)18(16)23(17)14-7-5-13(11-20)6-8-14/h9-10,12-14H,2-8,11,20H2,1H3. The number of unbranched alkanes of at least 4 members (excludes halogenated alkanes) is 1. The third-order valence-electron chi connectivity index (χ3n) is 5.47. The lowest BCUT2D eigenvalue weighted by atomic mass is 9.86. The average Bonchev–Trinajstić information content (AvgIpc) is 3.23. The Labute approximate surface area is 147 Å². The highest BCUT2D eigenvalue weighted by Crippen LogP contribution is 2.38. The Kier molecular flexibility index (Phi) is 4.55. The molecule has 1 aliphatic carbocycles. The van der Waals surface area contributed by atoms with Crippen LogP contribution in [0.25, 0.3) is 21.3 Å². The lowest BCUT2D eigenvalue weighted by Gasteiger charge is -2.30. The van der Waals surface area contributed by atoms with Crippen molar-refractivity contribution >= 4 is 32.6 Å². The molecule has 0 radical (unpaired) electrons. The van der Waals surface area contributed by atoms with Gasteiger partial charge in [0.15, 0.2) is 0 Å². The zero-order valence-electron chi connectivity index (χ0n) is 14.4. The van der Waals surface area contributed by atoms with Crippen molar-refractivity contribution in [2.45, 2.75) is 57.9 Å². The molecule has 0 spiro atoms. The number of aromatic nitrogens is 3. The highest BCUT2D eigenvalue weighted by atomic mass is 32.1. The summed E-state index contributed by atoms with van der Waals surface area (Å²) in [5, 5.41) is 2.14. The van der Waals surface area contributed by atoms with Gasteiger partial charge in [0, 0.05) is 12.5 Å². The van der Waals surface area contributed by atoms with Crippen LogP contribution < -0.4 is 5.73 Å². The van der Waals surface area contributed by atoms with E-state index in [1.54, 1.807) is 11.3 Å². The number of hydrogen-bond donors (Lipinski definition) is 1. The highest BCUT2D eigenvalue weighted by molar-refractivity contribution is 7.18. The number of imidazole rings is 1. The fourth-order valence-corrected chi connectivity index (χ4v) is 4.96. The van der Waals surface area contributed by atoms with Gasteiger partial charge in [-0.2, -0.15) is 0 Å². The molecule has 1 fully saturated rings. The fraction of sp³-hybridized carbons (Fsp3) is 0.579. The minimum absolute atomic E-state index is 0.567. The fourth-order valence-electron chi connectivity index (χ4n) is 4.07. The van der Waals surface area contributed by atoms with Gasteiger partial charge in [0.1, 0.15) is 11.3 Å². The molecule has 0 aromatic carbocycles. The zero-order chi connectivity index (χ0) is 16.5. The SMILES string of the molecule is CCCCc1nc2cnc3ccsc3c2n1C1CCC(CN)CC1. The predicted molar refractivity (Wildman–Crippen MR) is 102 cm³/mol. The van der Waals surface area contributed by atoms with E-state index in [0.29, 0.717) is 12.0 Å². The summed E-state index contributed by atoms with van der Waals surface area (Å²) < 4.78 is 3.86. The molecular formula is C19H26N4S. The monoisotopic (exact) mass is 342 g/mol. The van der Waals surface area contributed by atoms with Crippen LogP contribution in [-0.2, 0) is 6.42 Å². The number of pyridine rings is 1. The normalized spacial score (nSPS) is 21.8. The van der Waals surface area contributed by atoms with Crippen molar-refractivity contribution in [2.75, 3.05) is 6.54 Å². The molecule has 3 heterocycles. The number of nitrogens with two attached hydrogens (primary N) is 1. The Morgan fingerprint density at radius 1 is 1.25 bits per heavy atom. The molecule has 0 atom stereocenters. The minimum atomic E-state index is 0.567. The number of thiophene rings is 1. The molecule has 0 saturated heterocycles. The van der Waals surface area contributed by atoms with Crippen LogP contribution in [0.5, 0.6) is 0 Å². The third-order valence-corrected chi connectivity index (χ3v) is 6.38. The first-order valence-corrected chi connectivity index (χ1v) is 10.1. The van der Waals surface area contributed by atoms with Crippen LogP contribution in [0.2, 0.25) is 0 Å². The number of aryl methyl sites for hydroxylation is 1. The van der Waals surface area contributed by atoms with Gasteiger partial charge >= 0.3 is 0 Å². The Balaban J connectivity index is 1.82. The van der Waals surface area contributed by atoms with Crippen LogP contribution >= 0.6 is 11.3 Å². The number of nitrogens with zero attached hydrogens (tertiary/aromatic N) is 3. The summed E-state index contributed by atoms with van der Waals surface area (Å²) in [5.74, 6) is 1.96. The van der Waals surface area contributed by atoms with E-state index in [0.717, 1.165) is 24.0 Å². The molecule has 1 aliphatic rings. The Morgan fingerprint density at radius 2 is 2.08 bits per heavy atom. The maximum atomic E-state index is 5.89. The van der Waals surface area contributed by atoms with Crippen molar-refractivity contribution < 1.29 is 0 Å². The first-order chi connectivity index (χ1) is 11.8. The van der Waals surface area contributed by atoms with Crippen LogP contribution in [0.3, 0.4) is 0 Å². The molecule has 3 aromatic heterocycles. The zero-order valence-corrected chi connectivity index (χ0v) is 15.2. The summed E-state index contributed by atoms with van der Waals surface area (Å²) in [7, 11) is 0. The quantitative estimate of drug-likeness (QED) is 0.732. The molecule has 3 aromatic rings. The molecule has 24 heavy (non-hydrogen) atoms. The summed E-state index contributed by atoms with van der Waals surface area (Å²) in [5.41, 5.74) is 9.38. The van der Waals surface area contributed by atoms with E-state index in [1.165, 1.54) is 54.6 Å². The largest absolute Gasteiger partial charge is 0.330 e. The minimum Gasteiger partial charge on any atom is -0.330 e. The lowest BCUT2D eigenvalue weighted by molar-refractivity contribution is 0.279. The molecule has 5 heteroatoms. The van der Waals surface area contributed by atoms with Gasteiger partial charge < -0.3 is 10.3 Å². The van der Waals surface area contributed by atoms with Gasteiger partial charge in [-0.25, -0.2) is 4.98 Å². The molecule has 1 saturated carbocycles. The van der Waals surface area contributed by atoms with Gasteiger partial charge in [-0.05, 0) is 56.0 Å². The van der Waals surface area contributed by atoms with E-state index in [2.05, 4.69) is 27.9 Å². The van der Waals surface area contributed by atoms with E-state index in [-0.39, 0.29) is 0 Å². The van der Waals surface area contributed by atoms with Gasteiger partial charge in [-0.1, -0.05) is 13.3 Å². The van der Waals surface area contributed by atoms with Gasteiger partial charge in [0.05, 0.1) is 21.9 Å². The second-order valence-corrected chi connectivity index (χ2v) is 7.95. The molecular weight excluding hydrogens is 316 g/mol. The highest BCUT2D eigenvalue weighted by Gasteiger charge is 2.26. The second-order valence-electron chi connectivity index (χ2n) is 7.04. The maximum absolute atomic E-state index is 5.89. The van der Waals surface area contributed by atoms with E-state index >= 15 is 0 Å². The molecule has 0 amide bonds. The van der Waals surface area contributed by atoms with Gasteiger partial charge in [-0.15, -0.1) is 11.3 Å². The van der Waals surface area contributed by atoms with Crippen molar-refractivity contribution in [3.8, 4) is 0 Å². The Hall–Kier alpha value is -1.46. The molecule has 128 valence electrons. The summed E-state index contributed by atoms with van der Waals surface area (Å²) in [6.45, 7) is 3.08. The lowest BCUT2D eigenvalue weighted by Crippen LogP contribution is -2.24. The van der Waals surface area contributed by atoms with Crippen molar-refractivity contribution in [1.29, 1.82) is 0 Å². The van der Waals surface area contributed by atoms with Crippen LogP contribution in [-0.4, -0.2) is 21.1 Å². The third kappa shape index (κ3) is 2.74. The first kappa shape index (κ1) is 16.0. The van der Waals surface area contributed by atoms with Crippen molar-refractivity contribution in [1.82, 2.24) is 14.5 Å². The van der Waals surface area contributed by atoms with Gasteiger partial charge in [-0.3, -0.25) is 4.98 Å². The molecule has 0 bridgehead atoms. The summed E-state index contributed by atoms with van der Waals surface area (Å²) >= 11 is 1.79. The summed E-state index contributed by atoms with van der Waals surface area (Å²) in [6.07, 6.45) is 10.4. The summed E-state index contributed by atoms with van der Waals surface area (Å²) in [4.78, 5) is 9.57. The molecule has 0 aliphatic heterocycles. The number of hydrogen-bond acceptors (Lipinski definition) is 4. The van der Waals surface area contributed by atoms with Crippen molar-refractivity contribution in [3.05, 3.63) is 23.5 Å². The topological polar surface area (TPSA) is 56.7 Å². The predicted octanol–water partition coefficient (Wildman–Crippen LogP) is 4.68. The first-order valence-electron chi connectivity index (χ1n) is 9.25. The number of fused-ring (bicyclic) bond motifs is 3. The van der Waals surface area contributed by atoms with Crippen LogP contribution in [0.1, 0.15) is 57.3 Å². The molecule has 0 unspecified atom stereocenters. The maximum Gasteiger partial charge on any atom is 0.110 e. The van der Waals surface area contributed by atoms with Crippen molar-refractivity contribution in [3.63, 3.8) is 0 Å². The van der Waals surface area contributed by atoms with Crippen LogP contribution in [0.15, 0.2) is 17.6 Å². The van der Waals surface area contributed by atoms with Gasteiger partial charge in [0.25, 0.3) is 0 Å². The average molecular weight is 343 g/mol. The van der Waals surface area contributed by atoms with E-state index < -0.39 is 0 Å². The van der Waals surface area contributed by atoms with Crippen LogP contribution in [0, 0.1) is 5.92 Å². The molecule has 4 rings (SSSR count). The van der Waals surface area contributed by atoms with Crippen molar-refractivity contribution in [2.24, 2.45) is 11.7 Å². The number of rotatable bonds is 5. The smallest absolute Gasteiger partial charge is 0.110 e. The Bertz CT molecular complexity index is 826. The molecule has 2 N–H and O–H groups in total. The summed E-state index contributed by atoms with van der Waals surface area (Å²) in [6, 6.07) is 2.69. The Morgan fingerprint density at radius 3 is 2.83 bits per heavy atom. The van der Waals surface area contributed by atoms with Crippen LogP contribution in [0.4, 0.5) is 0 Å². The van der Waals surface area contributed by atoms with E-state index in [4.69, 9.17) is 10.7 Å². The molecule has 4 nitrogen and oxygen atoms in total. The van der Waals surface area contributed by atoms with E-state index in [9.17, 15) is 0 Å².